The molecule has 3 heterocycles. The van der Waals surface area contributed by atoms with E-state index in [0.29, 0.717) is 24.0 Å². The van der Waals surface area contributed by atoms with Crippen LogP contribution in [-0.2, 0) is 6.61 Å². The maximum absolute atomic E-state index is 9.22. The second-order valence-electron chi connectivity index (χ2n) is 6.26. The maximum atomic E-state index is 9.22. The lowest BCUT2D eigenvalue weighted by atomic mass is 9.94. The molecule has 0 atom stereocenters. The summed E-state index contributed by atoms with van der Waals surface area (Å²) >= 11 is 1.65. The van der Waals surface area contributed by atoms with E-state index in [1.807, 2.05) is 35.7 Å². The van der Waals surface area contributed by atoms with Crippen LogP contribution in [0.2, 0.25) is 0 Å². The van der Waals surface area contributed by atoms with Crippen molar-refractivity contribution in [3.05, 3.63) is 58.6 Å². The van der Waals surface area contributed by atoms with E-state index in [0.717, 1.165) is 47.3 Å². The molecule has 0 bridgehead atoms. The molecule has 0 unspecified atom stereocenters. The third-order valence-electron chi connectivity index (χ3n) is 4.70. The standard InChI is InChI=1S/C20H19N3OS.ClH/c21-12-15-4-5-16(20-17(15)8-11-25-20)13-24-19-3-1-2-18(23-19)14-6-9-22-10-7-14;/h1-5,8,11,14,22H,6-7,9-10,13H2;1H. The monoisotopic (exact) mass is 385 g/mol. The molecule has 2 aromatic heterocycles. The van der Waals surface area contributed by atoms with Gasteiger partial charge in [-0.2, -0.15) is 5.26 Å². The van der Waals surface area contributed by atoms with E-state index in [1.165, 1.54) is 0 Å². The van der Waals surface area contributed by atoms with Crippen molar-refractivity contribution >= 4 is 33.8 Å². The minimum absolute atomic E-state index is 0. The number of nitriles is 1. The summed E-state index contributed by atoms with van der Waals surface area (Å²) in [5.74, 6) is 1.19. The zero-order valence-corrected chi connectivity index (χ0v) is 15.9. The molecule has 0 radical (unpaired) electrons. The number of fused-ring (bicyclic) bond motifs is 1. The first kappa shape index (κ1) is 18.7. The second kappa shape index (κ2) is 8.50. The number of aromatic nitrogens is 1. The Kier molecular flexibility index (Phi) is 6.10. The average Bonchev–Trinajstić information content (AvgIpc) is 3.17. The van der Waals surface area contributed by atoms with Crippen LogP contribution in [0.15, 0.2) is 41.8 Å². The summed E-state index contributed by atoms with van der Waals surface area (Å²) in [6, 6.07) is 14.1. The molecule has 4 rings (SSSR count). The predicted octanol–water partition coefficient (Wildman–Crippen LogP) is 4.64. The zero-order valence-electron chi connectivity index (χ0n) is 14.3. The summed E-state index contributed by atoms with van der Waals surface area (Å²) in [5.41, 5.74) is 2.93. The quantitative estimate of drug-likeness (QED) is 0.711. The van der Waals surface area contributed by atoms with Crippen molar-refractivity contribution in [2.45, 2.75) is 25.4 Å². The molecule has 1 N–H and O–H groups in total. The van der Waals surface area contributed by atoms with E-state index in [9.17, 15) is 5.26 Å². The van der Waals surface area contributed by atoms with Gasteiger partial charge >= 0.3 is 0 Å². The van der Waals surface area contributed by atoms with E-state index in [4.69, 9.17) is 9.72 Å². The predicted molar refractivity (Wildman–Crippen MR) is 107 cm³/mol. The molecule has 0 spiro atoms. The Hall–Kier alpha value is -2.13. The molecular formula is C20H20ClN3OS. The van der Waals surface area contributed by atoms with Gasteiger partial charge in [-0.05, 0) is 49.5 Å². The highest BCUT2D eigenvalue weighted by molar-refractivity contribution is 7.17. The number of benzene rings is 1. The Morgan fingerprint density at radius 1 is 1.19 bits per heavy atom. The molecule has 1 aliphatic rings. The summed E-state index contributed by atoms with van der Waals surface area (Å²) in [5, 5.41) is 15.6. The van der Waals surface area contributed by atoms with Crippen molar-refractivity contribution in [2.24, 2.45) is 0 Å². The van der Waals surface area contributed by atoms with Crippen LogP contribution in [0.25, 0.3) is 10.1 Å². The lowest BCUT2D eigenvalue weighted by Crippen LogP contribution is -2.27. The first-order valence-electron chi connectivity index (χ1n) is 8.55. The van der Waals surface area contributed by atoms with Gasteiger partial charge in [0.25, 0.3) is 0 Å². The summed E-state index contributed by atoms with van der Waals surface area (Å²) in [7, 11) is 0. The highest BCUT2D eigenvalue weighted by Crippen LogP contribution is 2.29. The van der Waals surface area contributed by atoms with Gasteiger partial charge in [-0.1, -0.05) is 12.1 Å². The van der Waals surface area contributed by atoms with Gasteiger partial charge in [-0.25, -0.2) is 4.98 Å². The number of ether oxygens (including phenoxy) is 1. The zero-order chi connectivity index (χ0) is 17.1. The Morgan fingerprint density at radius 2 is 2.04 bits per heavy atom. The number of pyridine rings is 1. The van der Waals surface area contributed by atoms with Gasteiger partial charge in [0, 0.05) is 33.3 Å². The van der Waals surface area contributed by atoms with E-state index in [2.05, 4.69) is 17.5 Å². The summed E-state index contributed by atoms with van der Waals surface area (Å²) < 4.78 is 7.09. The van der Waals surface area contributed by atoms with Crippen LogP contribution in [0.1, 0.15) is 35.6 Å². The van der Waals surface area contributed by atoms with Crippen LogP contribution in [0.3, 0.4) is 0 Å². The number of hydrogen-bond donors (Lipinski definition) is 1. The van der Waals surface area contributed by atoms with Gasteiger partial charge in [0.1, 0.15) is 6.61 Å². The number of hydrogen-bond acceptors (Lipinski definition) is 5. The number of thiophene rings is 1. The van der Waals surface area contributed by atoms with Crippen molar-refractivity contribution in [3.63, 3.8) is 0 Å². The van der Waals surface area contributed by atoms with Crippen LogP contribution in [0.5, 0.6) is 5.88 Å². The molecule has 1 fully saturated rings. The minimum atomic E-state index is 0. The smallest absolute Gasteiger partial charge is 0.213 e. The fraction of sp³-hybridized carbons (Fsp3) is 0.300. The summed E-state index contributed by atoms with van der Waals surface area (Å²) in [6.45, 7) is 2.57. The average molecular weight is 386 g/mol. The Bertz CT molecular complexity index is 928. The van der Waals surface area contributed by atoms with Crippen molar-refractivity contribution < 1.29 is 4.74 Å². The number of halogens is 1. The molecule has 0 saturated carbocycles. The minimum Gasteiger partial charge on any atom is -0.473 e. The fourth-order valence-electron chi connectivity index (χ4n) is 3.34. The van der Waals surface area contributed by atoms with E-state index < -0.39 is 0 Å². The van der Waals surface area contributed by atoms with Crippen LogP contribution in [0, 0.1) is 11.3 Å². The van der Waals surface area contributed by atoms with E-state index in [-0.39, 0.29) is 12.4 Å². The van der Waals surface area contributed by atoms with Gasteiger partial charge < -0.3 is 10.1 Å². The van der Waals surface area contributed by atoms with E-state index >= 15 is 0 Å². The second-order valence-corrected chi connectivity index (χ2v) is 7.18. The first-order valence-corrected chi connectivity index (χ1v) is 9.43. The molecule has 26 heavy (non-hydrogen) atoms. The highest BCUT2D eigenvalue weighted by Gasteiger charge is 2.17. The summed E-state index contributed by atoms with van der Waals surface area (Å²) in [4.78, 5) is 4.71. The number of nitrogens with one attached hydrogen (secondary N) is 1. The molecule has 0 amide bonds. The van der Waals surface area contributed by atoms with E-state index in [1.54, 1.807) is 11.3 Å². The number of nitrogens with zero attached hydrogens (tertiary/aromatic N) is 2. The third kappa shape index (κ3) is 3.83. The lowest BCUT2D eigenvalue weighted by molar-refractivity contribution is 0.293. The van der Waals surface area contributed by atoms with Crippen LogP contribution in [-0.4, -0.2) is 18.1 Å². The Morgan fingerprint density at radius 3 is 2.85 bits per heavy atom. The van der Waals surface area contributed by atoms with Gasteiger partial charge in [-0.15, -0.1) is 23.7 Å². The van der Waals surface area contributed by atoms with Crippen molar-refractivity contribution in [2.75, 3.05) is 13.1 Å². The van der Waals surface area contributed by atoms with Crippen LogP contribution in [0.4, 0.5) is 0 Å². The topological polar surface area (TPSA) is 57.9 Å². The first-order chi connectivity index (χ1) is 12.3. The fourth-order valence-corrected chi connectivity index (χ4v) is 4.26. The Balaban J connectivity index is 0.00000196. The normalized spacial score (nSPS) is 14.6. The molecule has 134 valence electrons. The molecule has 0 aliphatic carbocycles. The number of piperidine rings is 1. The molecule has 1 saturated heterocycles. The SMILES string of the molecule is Cl.N#Cc1ccc(COc2cccc(C3CCNCC3)n2)c2sccc12. The molecule has 1 aliphatic heterocycles. The Labute approximate surface area is 163 Å². The van der Waals surface area contributed by atoms with Crippen LogP contribution >= 0.6 is 23.7 Å². The third-order valence-corrected chi connectivity index (χ3v) is 5.69. The van der Waals surface area contributed by atoms with Gasteiger partial charge in [0.05, 0.1) is 11.6 Å². The molecule has 4 nitrogen and oxygen atoms in total. The lowest BCUT2D eigenvalue weighted by Gasteiger charge is -2.22. The molecule has 6 heteroatoms. The molecule has 1 aromatic carbocycles. The van der Waals surface area contributed by atoms with Crippen molar-refractivity contribution in [1.82, 2.24) is 10.3 Å². The van der Waals surface area contributed by atoms with Crippen molar-refractivity contribution in [3.8, 4) is 11.9 Å². The maximum Gasteiger partial charge on any atom is 0.213 e. The molecule has 3 aromatic rings. The summed E-state index contributed by atoms with van der Waals surface area (Å²) in [6.07, 6.45) is 2.25. The number of rotatable bonds is 4. The highest BCUT2D eigenvalue weighted by atomic mass is 35.5. The molecular weight excluding hydrogens is 366 g/mol. The van der Waals surface area contributed by atoms with Gasteiger partial charge in [-0.3, -0.25) is 0 Å². The largest absolute Gasteiger partial charge is 0.473 e. The van der Waals surface area contributed by atoms with Gasteiger partial charge in [0.15, 0.2) is 0 Å². The van der Waals surface area contributed by atoms with Crippen molar-refractivity contribution in [1.29, 1.82) is 5.26 Å². The van der Waals surface area contributed by atoms with Gasteiger partial charge in [0.2, 0.25) is 5.88 Å². The van der Waals surface area contributed by atoms with Crippen LogP contribution < -0.4 is 10.1 Å².